The number of anilines is 2. The zero-order valence-electron chi connectivity index (χ0n) is 12.1. The number of nitrogens with one attached hydrogen (secondary N) is 1. The Hall–Kier alpha value is -1.89. The number of nitrogens with zero attached hydrogens (tertiary/aromatic N) is 1. The van der Waals surface area contributed by atoms with Gasteiger partial charge in [-0.25, -0.2) is 13.1 Å². The third-order valence-corrected chi connectivity index (χ3v) is 4.81. The lowest BCUT2D eigenvalue weighted by atomic mass is 10.2. The van der Waals surface area contributed by atoms with Crippen LogP contribution in [0.15, 0.2) is 53.4 Å². The molecule has 0 aliphatic heterocycles. The van der Waals surface area contributed by atoms with Gasteiger partial charge in [-0.1, -0.05) is 24.3 Å². The highest BCUT2D eigenvalue weighted by molar-refractivity contribution is 7.89. The molecule has 21 heavy (non-hydrogen) atoms. The zero-order chi connectivity index (χ0) is 15.5. The summed E-state index contributed by atoms with van der Waals surface area (Å²) < 4.78 is 26.6. The van der Waals surface area contributed by atoms with Crippen LogP contribution in [0.4, 0.5) is 11.4 Å². The molecule has 0 bridgehead atoms. The molecule has 2 rings (SSSR count). The number of sulfonamides is 1. The molecule has 0 unspecified atom stereocenters. The van der Waals surface area contributed by atoms with E-state index in [1.165, 1.54) is 7.05 Å². The van der Waals surface area contributed by atoms with Gasteiger partial charge < -0.3 is 10.6 Å². The Morgan fingerprint density at radius 1 is 1.10 bits per heavy atom. The van der Waals surface area contributed by atoms with Gasteiger partial charge in [-0.2, -0.15) is 0 Å². The molecule has 5 nitrogen and oxygen atoms in total. The molecule has 2 aromatic carbocycles. The van der Waals surface area contributed by atoms with Gasteiger partial charge >= 0.3 is 0 Å². The van der Waals surface area contributed by atoms with Gasteiger partial charge in [0.25, 0.3) is 0 Å². The summed E-state index contributed by atoms with van der Waals surface area (Å²) in [5.74, 6) is 0. The molecule has 0 fully saturated rings. The van der Waals surface area contributed by atoms with E-state index in [2.05, 4.69) is 4.72 Å². The van der Waals surface area contributed by atoms with E-state index in [4.69, 9.17) is 5.73 Å². The van der Waals surface area contributed by atoms with Crippen LogP contribution in [-0.2, 0) is 16.6 Å². The fraction of sp³-hybridized carbons (Fsp3) is 0.200. The van der Waals surface area contributed by atoms with Crippen LogP contribution < -0.4 is 15.4 Å². The Balaban J connectivity index is 2.46. The topological polar surface area (TPSA) is 75.4 Å². The lowest BCUT2D eigenvalue weighted by Gasteiger charge is -2.22. The van der Waals surface area contributed by atoms with Gasteiger partial charge in [-0.15, -0.1) is 0 Å². The van der Waals surface area contributed by atoms with E-state index in [0.29, 0.717) is 12.2 Å². The van der Waals surface area contributed by atoms with Crippen molar-refractivity contribution in [2.24, 2.45) is 5.73 Å². The van der Waals surface area contributed by atoms with E-state index in [-0.39, 0.29) is 4.90 Å². The molecule has 0 heterocycles. The first kappa shape index (κ1) is 15.5. The molecule has 0 atom stereocenters. The maximum atomic E-state index is 12.1. The Kier molecular flexibility index (Phi) is 4.62. The van der Waals surface area contributed by atoms with Crippen molar-refractivity contribution in [3.63, 3.8) is 0 Å². The smallest absolute Gasteiger partial charge is 0.242 e. The van der Waals surface area contributed by atoms with E-state index >= 15 is 0 Å². The summed E-state index contributed by atoms with van der Waals surface area (Å²) in [6.07, 6.45) is 0. The summed E-state index contributed by atoms with van der Waals surface area (Å²) in [6.45, 7) is 0.481. The average Bonchev–Trinajstić information content (AvgIpc) is 2.54. The van der Waals surface area contributed by atoms with Gasteiger partial charge in [0.15, 0.2) is 0 Å². The maximum Gasteiger partial charge on any atom is 0.242 e. The Morgan fingerprint density at radius 2 is 1.71 bits per heavy atom. The molecule has 0 saturated heterocycles. The van der Waals surface area contributed by atoms with Crippen molar-refractivity contribution in [2.45, 2.75) is 11.4 Å². The van der Waals surface area contributed by atoms with Crippen molar-refractivity contribution in [1.29, 1.82) is 0 Å². The first-order valence-electron chi connectivity index (χ1n) is 6.55. The van der Waals surface area contributed by atoms with Crippen molar-refractivity contribution >= 4 is 21.4 Å². The lowest BCUT2D eigenvalue weighted by molar-refractivity contribution is 0.588. The molecule has 0 aromatic heterocycles. The molecule has 0 aliphatic rings. The quantitative estimate of drug-likeness (QED) is 0.883. The van der Waals surface area contributed by atoms with Crippen LogP contribution in [0.1, 0.15) is 5.56 Å². The van der Waals surface area contributed by atoms with Crippen LogP contribution >= 0.6 is 0 Å². The average molecular weight is 305 g/mol. The minimum absolute atomic E-state index is 0.248. The predicted molar refractivity (Wildman–Crippen MR) is 85.1 cm³/mol. The van der Waals surface area contributed by atoms with Crippen LogP contribution in [0.25, 0.3) is 0 Å². The number of rotatable bonds is 5. The predicted octanol–water partition coefficient (Wildman–Crippen LogP) is 1.82. The maximum absolute atomic E-state index is 12.1. The standard InChI is InChI=1S/C15H19N3O2S/c1-17-21(19,20)15-6-4-3-5-14(15)18(2)13-9-7-12(11-16)8-10-13/h3-10,17H,11,16H2,1-2H3. The van der Waals surface area contributed by atoms with Gasteiger partial charge in [-0.05, 0) is 36.9 Å². The minimum atomic E-state index is -3.51. The molecule has 0 aliphatic carbocycles. The summed E-state index contributed by atoms with van der Waals surface area (Å²) in [5.41, 5.74) is 8.13. The number of nitrogens with two attached hydrogens (primary N) is 1. The number of benzene rings is 2. The van der Waals surface area contributed by atoms with Gasteiger partial charge in [0.05, 0.1) is 5.69 Å². The summed E-state index contributed by atoms with van der Waals surface area (Å²) >= 11 is 0. The molecule has 112 valence electrons. The number of para-hydroxylation sites is 1. The van der Waals surface area contributed by atoms with Gasteiger partial charge in [0.2, 0.25) is 10.0 Å². The van der Waals surface area contributed by atoms with Gasteiger partial charge in [-0.3, -0.25) is 0 Å². The van der Waals surface area contributed by atoms with Crippen molar-refractivity contribution < 1.29 is 8.42 Å². The van der Waals surface area contributed by atoms with E-state index in [1.54, 1.807) is 18.2 Å². The summed E-state index contributed by atoms with van der Waals surface area (Å²) in [4.78, 5) is 2.09. The molecular formula is C15H19N3O2S. The molecule has 2 aromatic rings. The molecular weight excluding hydrogens is 286 g/mol. The highest BCUT2D eigenvalue weighted by atomic mass is 32.2. The minimum Gasteiger partial charge on any atom is -0.344 e. The van der Waals surface area contributed by atoms with Crippen molar-refractivity contribution in [1.82, 2.24) is 4.72 Å². The number of hydrogen-bond acceptors (Lipinski definition) is 4. The van der Waals surface area contributed by atoms with Gasteiger partial charge in [0, 0.05) is 19.3 Å². The highest BCUT2D eigenvalue weighted by Gasteiger charge is 2.19. The Labute approximate surface area is 125 Å². The van der Waals surface area contributed by atoms with Crippen LogP contribution in [0.5, 0.6) is 0 Å². The largest absolute Gasteiger partial charge is 0.344 e. The van der Waals surface area contributed by atoms with Crippen LogP contribution in [0, 0.1) is 0 Å². The number of hydrogen-bond donors (Lipinski definition) is 2. The van der Waals surface area contributed by atoms with Crippen LogP contribution in [0.3, 0.4) is 0 Å². The van der Waals surface area contributed by atoms with Crippen LogP contribution in [-0.4, -0.2) is 22.5 Å². The lowest BCUT2D eigenvalue weighted by Crippen LogP contribution is -2.22. The van der Waals surface area contributed by atoms with Crippen molar-refractivity contribution in [2.75, 3.05) is 19.0 Å². The Bertz CT molecular complexity index is 712. The molecule has 0 spiro atoms. The fourth-order valence-corrected chi connectivity index (χ4v) is 3.02. The zero-order valence-corrected chi connectivity index (χ0v) is 12.9. The van der Waals surface area contributed by atoms with E-state index in [1.807, 2.05) is 42.3 Å². The van der Waals surface area contributed by atoms with E-state index in [9.17, 15) is 8.42 Å². The third kappa shape index (κ3) is 3.24. The first-order valence-corrected chi connectivity index (χ1v) is 8.03. The highest BCUT2D eigenvalue weighted by Crippen LogP contribution is 2.29. The monoisotopic (exact) mass is 305 g/mol. The second kappa shape index (κ2) is 6.26. The molecule has 0 radical (unpaired) electrons. The normalized spacial score (nSPS) is 11.4. The van der Waals surface area contributed by atoms with Crippen LogP contribution in [0.2, 0.25) is 0 Å². The van der Waals surface area contributed by atoms with E-state index in [0.717, 1.165) is 11.3 Å². The van der Waals surface area contributed by atoms with Crippen molar-refractivity contribution in [3.8, 4) is 0 Å². The fourth-order valence-electron chi connectivity index (χ4n) is 2.07. The Morgan fingerprint density at radius 3 is 2.29 bits per heavy atom. The molecule has 0 saturated carbocycles. The molecule has 3 N–H and O–H groups in total. The summed E-state index contributed by atoms with van der Waals surface area (Å²) in [7, 11) is -0.267. The second-order valence-electron chi connectivity index (χ2n) is 4.60. The summed E-state index contributed by atoms with van der Waals surface area (Å²) in [6, 6.07) is 14.6. The van der Waals surface area contributed by atoms with Crippen molar-refractivity contribution in [3.05, 3.63) is 54.1 Å². The second-order valence-corrected chi connectivity index (χ2v) is 6.46. The SMILES string of the molecule is CNS(=O)(=O)c1ccccc1N(C)c1ccc(CN)cc1. The first-order chi connectivity index (χ1) is 9.99. The van der Waals surface area contributed by atoms with E-state index < -0.39 is 10.0 Å². The molecule has 0 amide bonds. The van der Waals surface area contributed by atoms with Gasteiger partial charge in [0.1, 0.15) is 4.90 Å². The molecule has 6 heteroatoms. The summed E-state index contributed by atoms with van der Waals surface area (Å²) in [5, 5.41) is 0. The third-order valence-electron chi connectivity index (χ3n) is 3.34.